The van der Waals surface area contributed by atoms with Gasteiger partial charge >= 0.3 is 6.03 Å². The monoisotopic (exact) mass is 318 g/mol. The van der Waals surface area contributed by atoms with Crippen molar-refractivity contribution < 1.29 is 14.6 Å². The molecule has 1 unspecified atom stereocenters. The molecule has 20 heavy (non-hydrogen) atoms. The maximum Gasteiger partial charge on any atom is 0.315 e. The van der Waals surface area contributed by atoms with E-state index in [-0.39, 0.29) is 18.6 Å². The second-order valence-corrected chi connectivity index (χ2v) is 6.77. The number of amides is 2. The number of rotatable bonds is 4. The lowest BCUT2D eigenvalue weighted by molar-refractivity contribution is -0.0600. The first-order valence-electron chi connectivity index (χ1n) is 6.58. The standard InChI is InChI=1S/C13H19ClN2O3S/c1-9(10-2-3-11(14)20-10)16-12(17)15-8-13(18)4-6-19-7-5-13/h2-3,9,18H,4-8H2,1H3,(H2,15,16,17). The van der Waals surface area contributed by atoms with Crippen LogP contribution >= 0.6 is 22.9 Å². The molecule has 112 valence electrons. The summed E-state index contributed by atoms with van der Waals surface area (Å²) in [6, 6.07) is 3.30. The Balaban J connectivity index is 1.77. The van der Waals surface area contributed by atoms with Crippen LogP contribution in [0.15, 0.2) is 12.1 Å². The first-order valence-corrected chi connectivity index (χ1v) is 7.78. The smallest absolute Gasteiger partial charge is 0.315 e. The Morgan fingerprint density at radius 2 is 2.25 bits per heavy atom. The summed E-state index contributed by atoms with van der Waals surface area (Å²) in [5, 5.41) is 15.8. The SMILES string of the molecule is CC(NC(=O)NCC1(O)CCOCC1)c1ccc(Cl)s1. The van der Waals surface area contributed by atoms with Crippen LogP contribution in [0, 0.1) is 0 Å². The van der Waals surface area contributed by atoms with E-state index in [9.17, 15) is 9.90 Å². The molecule has 1 aromatic heterocycles. The van der Waals surface area contributed by atoms with Crippen LogP contribution in [0.1, 0.15) is 30.7 Å². The molecule has 0 aromatic carbocycles. The summed E-state index contributed by atoms with van der Waals surface area (Å²) in [6.07, 6.45) is 1.09. The van der Waals surface area contributed by atoms with Crippen LogP contribution in [0.5, 0.6) is 0 Å². The van der Waals surface area contributed by atoms with Crippen molar-refractivity contribution in [3.8, 4) is 0 Å². The van der Waals surface area contributed by atoms with E-state index in [0.29, 0.717) is 30.4 Å². The number of carbonyl (C=O) groups is 1. The normalized spacial score (nSPS) is 19.4. The predicted octanol–water partition coefficient (Wildman–Crippen LogP) is 2.30. The molecule has 3 N–H and O–H groups in total. The van der Waals surface area contributed by atoms with Gasteiger partial charge in [0.1, 0.15) is 0 Å². The van der Waals surface area contributed by atoms with Crippen molar-refractivity contribution in [3.63, 3.8) is 0 Å². The Labute approximate surface area is 127 Å². The van der Waals surface area contributed by atoms with Crippen LogP contribution in [0.3, 0.4) is 0 Å². The molecule has 0 bridgehead atoms. The molecule has 1 aromatic rings. The van der Waals surface area contributed by atoms with E-state index in [1.54, 1.807) is 0 Å². The zero-order valence-electron chi connectivity index (χ0n) is 11.3. The minimum absolute atomic E-state index is 0.114. The van der Waals surface area contributed by atoms with Crippen molar-refractivity contribution in [2.45, 2.75) is 31.4 Å². The van der Waals surface area contributed by atoms with Gasteiger partial charge in [-0.3, -0.25) is 0 Å². The third-order valence-electron chi connectivity index (χ3n) is 3.37. The molecule has 1 aliphatic heterocycles. The highest BCUT2D eigenvalue weighted by Gasteiger charge is 2.30. The lowest BCUT2D eigenvalue weighted by atomic mass is 9.94. The Morgan fingerprint density at radius 1 is 1.55 bits per heavy atom. The summed E-state index contributed by atoms with van der Waals surface area (Å²) in [6.45, 7) is 3.19. The van der Waals surface area contributed by atoms with Crippen molar-refractivity contribution in [2.24, 2.45) is 0 Å². The van der Waals surface area contributed by atoms with Gasteiger partial charge in [0.2, 0.25) is 0 Å². The van der Waals surface area contributed by atoms with E-state index in [2.05, 4.69) is 10.6 Å². The highest BCUT2D eigenvalue weighted by Crippen LogP contribution is 2.26. The molecule has 1 saturated heterocycles. The van der Waals surface area contributed by atoms with E-state index >= 15 is 0 Å². The summed E-state index contributed by atoms with van der Waals surface area (Å²) < 4.78 is 5.90. The highest BCUT2D eigenvalue weighted by molar-refractivity contribution is 7.16. The molecule has 1 atom stereocenters. The molecule has 0 saturated carbocycles. The molecular weight excluding hydrogens is 300 g/mol. The van der Waals surface area contributed by atoms with Crippen molar-refractivity contribution in [1.82, 2.24) is 10.6 Å². The Bertz CT molecular complexity index is 460. The predicted molar refractivity (Wildman–Crippen MR) is 79.3 cm³/mol. The second kappa shape index (κ2) is 6.76. The average Bonchev–Trinajstić information content (AvgIpc) is 2.84. The minimum atomic E-state index is -0.856. The third-order valence-corrected chi connectivity index (χ3v) is 4.78. The van der Waals surface area contributed by atoms with Crippen LogP contribution in [0.25, 0.3) is 0 Å². The van der Waals surface area contributed by atoms with Gasteiger partial charge in [0.05, 0.1) is 16.0 Å². The largest absolute Gasteiger partial charge is 0.388 e. The quantitative estimate of drug-likeness (QED) is 0.798. The number of hydrogen-bond acceptors (Lipinski definition) is 4. The highest BCUT2D eigenvalue weighted by atomic mass is 35.5. The zero-order valence-corrected chi connectivity index (χ0v) is 12.9. The number of ether oxygens (including phenoxy) is 1. The van der Waals surface area contributed by atoms with Crippen molar-refractivity contribution in [3.05, 3.63) is 21.3 Å². The molecule has 2 heterocycles. The van der Waals surface area contributed by atoms with Gasteiger partial charge in [-0.05, 0) is 19.1 Å². The third kappa shape index (κ3) is 4.34. The molecular formula is C13H19ClN2O3S. The van der Waals surface area contributed by atoms with Gasteiger partial charge < -0.3 is 20.5 Å². The number of aliphatic hydroxyl groups is 1. The first-order chi connectivity index (χ1) is 9.48. The van der Waals surface area contributed by atoms with Gasteiger partial charge in [-0.2, -0.15) is 0 Å². The van der Waals surface area contributed by atoms with Gasteiger partial charge in [0, 0.05) is 37.5 Å². The van der Waals surface area contributed by atoms with Gasteiger partial charge in [0.15, 0.2) is 0 Å². The maximum atomic E-state index is 11.8. The van der Waals surface area contributed by atoms with E-state index in [1.807, 2.05) is 19.1 Å². The molecule has 0 aliphatic carbocycles. The zero-order chi connectivity index (χ0) is 14.6. The lowest BCUT2D eigenvalue weighted by Crippen LogP contribution is -2.49. The van der Waals surface area contributed by atoms with E-state index in [1.165, 1.54) is 11.3 Å². The van der Waals surface area contributed by atoms with Crippen LogP contribution in [0.4, 0.5) is 4.79 Å². The molecule has 7 heteroatoms. The van der Waals surface area contributed by atoms with E-state index in [4.69, 9.17) is 16.3 Å². The molecule has 0 radical (unpaired) electrons. The number of carbonyl (C=O) groups excluding carboxylic acids is 1. The van der Waals surface area contributed by atoms with Crippen LogP contribution < -0.4 is 10.6 Å². The number of nitrogens with one attached hydrogen (secondary N) is 2. The number of thiophene rings is 1. The Kier molecular flexibility index (Phi) is 5.26. The fraction of sp³-hybridized carbons (Fsp3) is 0.615. The van der Waals surface area contributed by atoms with Crippen molar-refractivity contribution >= 4 is 29.0 Å². The molecule has 0 spiro atoms. The molecule has 1 aliphatic rings. The Hall–Kier alpha value is -0.820. The molecule has 5 nitrogen and oxygen atoms in total. The van der Waals surface area contributed by atoms with Crippen molar-refractivity contribution in [1.29, 1.82) is 0 Å². The lowest BCUT2D eigenvalue weighted by Gasteiger charge is -2.32. The topological polar surface area (TPSA) is 70.6 Å². The number of hydrogen-bond donors (Lipinski definition) is 3. The van der Waals surface area contributed by atoms with Crippen LogP contribution in [0.2, 0.25) is 4.34 Å². The molecule has 2 rings (SSSR count). The van der Waals surface area contributed by atoms with E-state index in [0.717, 1.165) is 4.88 Å². The van der Waals surface area contributed by atoms with Crippen molar-refractivity contribution in [2.75, 3.05) is 19.8 Å². The Morgan fingerprint density at radius 3 is 2.85 bits per heavy atom. The number of halogens is 1. The summed E-state index contributed by atoms with van der Waals surface area (Å²) in [5.41, 5.74) is -0.856. The fourth-order valence-corrected chi connectivity index (χ4v) is 3.12. The van der Waals surface area contributed by atoms with Gasteiger partial charge in [-0.15, -0.1) is 11.3 Å². The summed E-state index contributed by atoms with van der Waals surface area (Å²) in [5.74, 6) is 0. The van der Waals surface area contributed by atoms with Gasteiger partial charge in [0.25, 0.3) is 0 Å². The number of urea groups is 1. The average molecular weight is 319 g/mol. The summed E-state index contributed by atoms with van der Waals surface area (Å²) in [7, 11) is 0. The molecule has 2 amide bonds. The fourth-order valence-electron chi connectivity index (χ4n) is 2.05. The summed E-state index contributed by atoms with van der Waals surface area (Å²) in [4.78, 5) is 12.8. The van der Waals surface area contributed by atoms with E-state index < -0.39 is 5.60 Å². The van der Waals surface area contributed by atoms with Crippen LogP contribution in [-0.2, 0) is 4.74 Å². The van der Waals surface area contributed by atoms with Gasteiger partial charge in [-0.25, -0.2) is 4.79 Å². The second-order valence-electron chi connectivity index (χ2n) is 5.03. The van der Waals surface area contributed by atoms with Crippen LogP contribution in [-0.4, -0.2) is 36.5 Å². The first kappa shape index (κ1) is 15.6. The minimum Gasteiger partial charge on any atom is -0.388 e. The summed E-state index contributed by atoms with van der Waals surface area (Å²) >= 11 is 7.31. The molecule has 1 fully saturated rings. The van der Waals surface area contributed by atoms with Gasteiger partial charge in [-0.1, -0.05) is 11.6 Å². The maximum absolute atomic E-state index is 11.8.